The molecule has 3 rings (SSSR count). The second kappa shape index (κ2) is 5.67. The van der Waals surface area contributed by atoms with Crippen molar-refractivity contribution < 1.29 is 5.11 Å². The molecular formula is C18H13IO. The summed E-state index contributed by atoms with van der Waals surface area (Å²) in [7, 11) is 0. The van der Waals surface area contributed by atoms with Crippen molar-refractivity contribution in [3.8, 4) is 28.0 Å². The van der Waals surface area contributed by atoms with Crippen molar-refractivity contribution in [3.63, 3.8) is 0 Å². The van der Waals surface area contributed by atoms with Crippen molar-refractivity contribution in [1.29, 1.82) is 0 Å². The number of aromatic hydroxyl groups is 1. The van der Waals surface area contributed by atoms with E-state index in [1.165, 1.54) is 0 Å². The quantitative estimate of drug-likeness (QED) is 0.603. The van der Waals surface area contributed by atoms with Crippen LogP contribution in [0.5, 0.6) is 5.75 Å². The smallest absolute Gasteiger partial charge is 0.130 e. The molecule has 0 bridgehead atoms. The number of halogens is 1. The van der Waals surface area contributed by atoms with Crippen LogP contribution in [0.15, 0.2) is 72.8 Å². The van der Waals surface area contributed by atoms with Gasteiger partial charge in [-0.2, -0.15) is 0 Å². The van der Waals surface area contributed by atoms with Gasteiger partial charge in [-0.3, -0.25) is 0 Å². The molecule has 0 aromatic heterocycles. The lowest BCUT2D eigenvalue weighted by Crippen LogP contribution is -1.87. The minimum atomic E-state index is 0.325. The van der Waals surface area contributed by atoms with E-state index in [2.05, 4.69) is 52.9 Å². The van der Waals surface area contributed by atoms with Gasteiger partial charge in [0.2, 0.25) is 0 Å². The largest absolute Gasteiger partial charge is 0.507 e. The summed E-state index contributed by atoms with van der Waals surface area (Å²) >= 11 is 2.19. The average Bonchev–Trinajstić information content (AvgIpc) is 2.51. The van der Waals surface area contributed by atoms with Gasteiger partial charge in [0.15, 0.2) is 0 Å². The highest BCUT2D eigenvalue weighted by molar-refractivity contribution is 14.1. The molecule has 0 aliphatic heterocycles. The highest BCUT2D eigenvalue weighted by Gasteiger charge is 2.10. The third-order valence-electron chi connectivity index (χ3n) is 3.25. The van der Waals surface area contributed by atoms with Gasteiger partial charge in [0, 0.05) is 0 Å². The summed E-state index contributed by atoms with van der Waals surface area (Å²) < 4.78 is 0.883. The van der Waals surface area contributed by atoms with E-state index >= 15 is 0 Å². The standard InChI is InChI=1S/C18H13IO/c19-18-16(14-9-5-2-6-10-14)11-15(12-17(18)20)13-7-3-1-4-8-13/h1-12,20H. The topological polar surface area (TPSA) is 20.2 Å². The van der Waals surface area contributed by atoms with Crippen LogP contribution in [0.2, 0.25) is 0 Å². The van der Waals surface area contributed by atoms with E-state index in [4.69, 9.17) is 0 Å². The van der Waals surface area contributed by atoms with E-state index in [1.54, 1.807) is 0 Å². The number of benzene rings is 3. The van der Waals surface area contributed by atoms with Gasteiger partial charge in [0.25, 0.3) is 0 Å². The van der Waals surface area contributed by atoms with Gasteiger partial charge in [-0.25, -0.2) is 0 Å². The normalized spacial score (nSPS) is 10.4. The van der Waals surface area contributed by atoms with Gasteiger partial charge in [0.05, 0.1) is 3.57 Å². The van der Waals surface area contributed by atoms with Crippen LogP contribution in [0, 0.1) is 3.57 Å². The summed E-state index contributed by atoms with van der Waals surface area (Å²) in [5, 5.41) is 10.2. The fourth-order valence-electron chi connectivity index (χ4n) is 2.23. The molecule has 0 saturated carbocycles. The number of hydrogen-bond acceptors (Lipinski definition) is 1. The summed E-state index contributed by atoms with van der Waals surface area (Å²) in [5.74, 6) is 0.325. The second-order valence-electron chi connectivity index (χ2n) is 4.59. The molecule has 0 aliphatic carbocycles. The van der Waals surface area contributed by atoms with E-state index in [0.717, 1.165) is 25.8 Å². The summed E-state index contributed by atoms with van der Waals surface area (Å²) in [5.41, 5.74) is 4.31. The summed E-state index contributed by atoms with van der Waals surface area (Å²) in [6.45, 7) is 0. The zero-order valence-corrected chi connectivity index (χ0v) is 12.9. The van der Waals surface area contributed by atoms with Crippen LogP contribution in [0.4, 0.5) is 0 Å². The molecule has 0 radical (unpaired) electrons. The van der Waals surface area contributed by atoms with Crippen LogP contribution in [-0.4, -0.2) is 5.11 Å². The monoisotopic (exact) mass is 372 g/mol. The molecule has 3 aromatic rings. The Balaban J connectivity index is 2.19. The lowest BCUT2D eigenvalue weighted by Gasteiger charge is -2.10. The first-order chi connectivity index (χ1) is 9.75. The zero-order chi connectivity index (χ0) is 13.9. The zero-order valence-electron chi connectivity index (χ0n) is 10.8. The molecule has 1 N–H and O–H groups in total. The first-order valence-corrected chi connectivity index (χ1v) is 7.47. The van der Waals surface area contributed by atoms with Crippen LogP contribution in [0.3, 0.4) is 0 Å². The Morgan fingerprint density at radius 2 is 1.20 bits per heavy atom. The van der Waals surface area contributed by atoms with Crippen molar-refractivity contribution in [1.82, 2.24) is 0 Å². The van der Waals surface area contributed by atoms with Gasteiger partial charge in [0.1, 0.15) is 5.75 Å². The van der Waals surface area contributed by atoms with Gasteiger partial charge in [-0.1, -0.05) is 60.7 Å². The number of rotatable bonds is 2. The lowest BCUT2D eigenvalue weighted by atomic mass is 9.98. The molecule has 0 atom stereocenters. The van der Waals surface area contributed by atoms with Gasteiger partial charge < -0.3 is 5.11 Å². The molecule has 0 unspecified atom stereocenters. The third-order valence-corrected chi connectivity index (χ3v) is 4.38. The lowest BCUT2D eigenvalue weighted by molar-refractivity contribution is 0.472. The van der Waals surface area contributed by atoms with Crippen LogP contribution in [-0.2, 0) is 0 Å². The van der Waals surface area contributed by atoms with Crippen molar-refractivity contribution in [2.24, 2.45) is 0 Å². The molecule has 0 spiro atoms. The molecule has 0 saturated heterocycles. The molecule has 0 fully saturated rings. The molecule has 20 heavy (non-hydrogen) atoms. The van der Waals surface area contributed by atoms with Crippen molar-refractivity contribution in [3.05, 3.63) is 76.4 Å². The fourth-order valence-corrected chi connectivity index (χ4v) is 2.86. The van der Waals surface area contributed by atoms with E-state index in [0.29, 0.717) is 5.75 Å². The van der Waals surface area contributed by atoms with Gasteiger partial charge in [-0.15, -0.1) is 0 Å². The molecule has 0 amide bonds. The molecule has 2 heteroatoms. The fraction of sp³-hybridized carbons (Fsp3) is 0. The average molecular weight is 372 g/mol. The maximum Gasteiger partial charge on any atom is 0.130 e. The molecule has 1 nitrogen and oxygen atoms in total. The van der Waals surface area contributed by atoms with E-state index in [1.807, 2.05) is 42.5 Å². The first-order valence-electron chi connectivity index (χ1n) is 6.39. The van der Waals surface area contributed by atoms with Crippen LogP contribution in [0.25, 0.3) is 22.3 Å². The van der Waals surface area contributed by atoms with Crippen molar-refractivity contribution in [2.45, 2.75) is 0 Å². The van der Waals surface area contributed by atoms with E-state index < -0.39 is 0 Å². The third kappa shape index (κ3) is 2.56. The maximum atomic E-state index is 10.2. The predicted octanol–water partition coefficient (Wildman–Crippen LogP) is 5.33. The predicted molar refractivity (Wildman–Crippen MR) is 91.7 cm³/mol. The Labute approximate surface area is 132 Å². The summed E-state index contributed by atoms with van der Waals surface area (Å²) in [4.78, 5) is 0. The van der Waals surface area contributed by atoms with E-state index in [9.17, 15) is 5.11 Å². The van der Waals surface area contributed by atoms with Crippen LogP contribution in [0.1, 0.15) is 0 Å². The van der Waals surface area contributed by atoms with Gasteiger partial charge in [-0.05, 0) is 57.0 Å². The number of phenolic OH excluding ortho intramolecular Hbond substituents is 1. The highest BCUT2D eigenvalue weighted by atomic mass is 127. The molecule has 98 valence electrons. The highest BCUT2D eigenvalue weighted by Crippen LogP contribution is 2.36. The molecule has 3 aromatic carbocycles. The summed E-state index contributed by atoms with van der Waals surface area (Å²) in [6.07, 6.45) is 0. The summed E-state index contributed by atoms with van der Waals surface area (Å²) in [6, 6.07) is 24.2. The number of hydrogen-bond donors (Lipinski definition) is 1. The van der Waals surface area contributed by atoms with Crippen molar-refractivity contribution >= 4 is 22.6 Å². The molecular weight excluding hydrogens is 359 g/mol. The number of phenols is 1. The minimum absolute atomic E-state index is 0.325. The SMILES string of the molecule is Oc1cc(-c2ccccc2)cc(-c2ccccc2)c1I. The Kier molecular flexibility index (Phi) is 3.74. The van der Waals surface area contributed by atoms with Crippen molar-refractivity contribution in [2.75, 3.05) is 0 Å². The van der Waals surface area contributed by atoms with Crippen LogP contribution < -0.4 is 0 Å². The first kappa shape index (κ1) is 13.2. The van der Waals surface area contributed by atoms with E-state index in [-0.39, 0.29) is 0 Å². The van der Waals surface area contributed by atoms with Crippen LogP contribution >= 0.6 is 22.6 Å². The van der Waals surface area contributed by atoms with Gasteiger partial charge >= 0.3 is 0 Å². The Morgan fingerprint density at radius 1 is 0.650 bits per heavy atom. The Hall–Kier alpha value is -1.81. The minimum Gasteiger partial charge on any atom is -0.507 e. The second-order valence-corrected chi connectivity index (χ2v) is 5.67. The molecule has 0 heterocycles. The Bertz CT molecular complexity index is 721. The maximum absolute atomic E-state index is 10.2. The molecule has 0 aliphatic rings. The Morgan fingerprint density at radius 3 is 1.80 bits per heavy atom.